The Balaban J connectivity index is 3.35. The number of nitriles is 2. The maximum atomic E-state index is 12.5. The molecule has 1 heterocycles. The molecule has 6 heteroatoms. The zero-order valence-corrected chi connectivity index (χ0v) is 8.92. The number of alkyl halides is 2. The Labute approximate surface area is 93.1 Å². The van der Waals surface area contributed by atoms with Gasteiger partial charge in [0, 0.05) is 0 Å². The molecule has 0 saturated carbocycles. The summed E-state index contributed by atoms with van der Waals surface area (Å²) in [5.41, 5.74) is -0.471. The predicted octanol–water partition coefficient (Wildman–Crippen LogP) is 2.72. The van der Waals surface area contributed by atoms with Gasteiger partial charge in [0.1, 0.15) is 11.8 Å². The molecule has 0 aliphatic heterocycles. The van der Waals surface area contributed by atoms with Crippen LogP contribution in [0.2, 0.25) is 0 Å². The third-order valence-corrected chi connectivity index (χ3v) is 2.28. The molecule has 15 heavy (non-hydrogen) atoms. The first kappa shape index (κ1) is 11.5. The summed E-state index contributed by atoms with van der Waals surface area (Å²) in [4.78, 5) is 3.50. The highest BCUT2D eigenvalue weighted by Gasteiger charge is 2.17. The Bertz CT molecular complexity index is 460. The average Bonchev–Trinajstić information content (AvgIpc) is 2.18. The first-order valence-corrected chi connectivity index (χ1v) is 4.64. The molecule has 0 spiro atoms. The zero-order chi connectivity index (χ0) is 11.4. The summed E-state index contributed by atoms with van der Waals surface area (Å²) in [6.07, 6.45) is -2.94. The minimum Gasteiger partial charge on any atom is -0.235 e. The fraction of sp³-hybridized carbons (Fsp3) is 0.222. The number of nitrogens with zero attached hydrogens (tertiary/aromatic N) is 3. The van der Waals surface area contributed by atoms with E-state index in [2.05, 4.69) is 20.9 Å². The van der Waals surface area contributed by atoms with Crippen LogP contribution in [-0.2, 0) is 6.42 Å². The van der Waals surface area contributed by atoms with Crippen LogP contribution in [0.15, 0.2) is 10.5 Å². The van der Waals surface area contributed by atoms with E-state index in [4.69, 9.17) is 10.5 Å². The highest BCUT2D eigenvalue weighted by molar-refractivity contribution is 9.10. The van der Waals surface area contributed by atoms with Gasteiger partial charge >= 0.3 is 0 Å². The van der Waals surface area contributed by atoms with Crippen molar-refractivity contribution in [1.29, 1.82) is 10.5 Å². The largest absolute Gasteiger partial charge is 0.280 e. The summed E-state index contributed by atoms with van der Waals surface area (Å²) in [5.74, 6) is 0. The van der Waals surface area contributed by atoms with Crippen molar-refractivity contribution in [3.63, 3.8) is 0 Å². The lowest BCUT2D eigenvalue weighted by Crippen LogP contribution is -2.01. The summed E-state index contributed by atoms with van der Waals surface area (Å²) >= 11 is 3.02. The quantitative estimate of drug-likeness (QED) is 0.831. The lowest BCUT2D eigenvalue weighted by Gasteiger charge is -2.06. The number of hydrogen-bond donors (Lipinski definition) is 0. The molecule has 0 atom stereocenters. The van der Waals surface area contributed by atoms with Crippen LogP contribution in [0, 0.1) is 22.7 Å². The van der Waals surface area contributed by atoms with Crippen molar-refractivity contribution in [1.82, 2.24) is 4.98 Å². The van der Waals surface area contributed by atoms with E-state index in [0.29, 0.717) is 4.47 Å². The highest BCUT2D eigenvalue weighted by atomic mass is 79.9. The molecule has 0 radical (unpaired) electrons. The Morgan fingerprint density at radius 1 is 1.47 bits per heavy atom. The second kappa shape index (κ2) is 4.81. The Kier molecular flexibility index (Phi) is 3.70. The number of pyridine rings is 1. The normalized spacial score (nSPS) is 9.73. The fourth-order valence-electron chi connectivity index (χ4n) is 1.04. The molecule has 0 fully saturated rings. The highest BCUT2D eigenvalue weighted by Crippen LogP contribution is 2.25. The van der Waals surface area contributed by atoms with Crippen LogP contribution in [0.25, 0.3) is 0 Å². The molecule has 0 aliphatic rings. The predicted molar refractivity (Wildman–Crippen MR) is 50.9 cm³/mol. The van der Waals surface area contributed by atoms with Gasteiger partial charge in [0.15, 0.2) is 5.69 Å². The van der Waals surface area contributed by atoms with E-state index in [1.54, 1.807) is 12.1 Å². The summed E-state index contributed by atoms with van der Waals surface area (Å²) in [6.45, 7) is 0. The monoisotopic (exact) mass is 271 g/mol. The van der Waals surface area contributed by atoms with Crippen LogP contribution in [0.1, 0.15) is 23.4 Å². The molecule has 0 N–H and O–H groups in total. The van der Waals surface area contributed by atoms with Crippen LogP contribution < -0.4 is 0 Å². The second-order valence-electron chi connectivity index (χ2n) is 2.61. The molecule has 0 bridgehead atoms. The van der Waals surface area contributed by atoms with Crippen LogP contribution in [0.5, 0.6) is 0 Å². The maximum Gasteiger partial charge on any atom is 0.280 e. The molecule has 0 aromatic carbocycles. The Morgan fingerprint density at radius 3 is 2.60 bits per heavy atom. The second-order valence-corrected chi connectivity index (χ2v) is 3.46. The summed E-state index contributed by atoms with van der Waals surface area (Å²) in [7, 11) is 0. The Morgan fingerprint density at radius 2 is 2.13 bits per heavy atom. The van der Waals surface area contributed by atoms with Gasteiger partial charge in [0.25, 0.3) is 6.43 Å². The molecule has 0 saturated heterocycles. The van der Waals surface area contributed by atoms with E-state index in [-0.39, 0.29) is 17.7 Å². The van der Waals surface area contributed by atoms with Crippen molar-refractivity contribution in [2.24, 2.45) is 0 Å². The number of rotatable bonds is 2. The minimum atomic E-state index is -2.78. The third-order valence-electron chi connectivity index (χ3n) is 1.67. The van der Waals surface area contributed by atoms with E-state index in [1.807, 2.05) is 0 Å². The molecule has 1 rings (SSSR count). The van der Waals surface area contributed by atoms with Crippen molar-refractivity contribution < 1.29 is 8.78 Å². The smallest absolute Gasteiger partial charge is 0.235 e. The van der Waals surface area contributed by atoms with Crippen LogP contribution in [-0.4, -0.2) is 4.98 Å². The first-order chi connectivity index (χ1) is 7.10. The minimum absolute atomic E-state index is 0.105. The SMILES string of the molecule is N#CCc1cc(Br)c(C#N)nc1C(F)F. The van der Waals surface area contributed by atoms with E-state index >= 15 is 0 Å². The summed E-state index contributed by atoms with van der Waals surface area (Å²) in [5, 5.41) is 17.0. The van der Waals surface area contributed by atoms with Gasteiger partial charge < -0.3 is 0 Å². The van der Waals surface area contributed by atoms with Gasteiger partial charge in [-0.05, 0) is 27.6 Å². The molecular formula is C9H4BrF2N3. The molecule has 0 unspecified atom stereocenters. The van der Waals surface area contributed by atoms with E-state index < -0.39 is 12.1 Å². The molecule has 1 aromatic rings. The van der Waals surface area contributed by atoms with Crippen molar-refractivity contribution in [2.75, 3.05) is 0 Å². The van der Waals surface area contributed by atoms with Gasteiger partial charge in [0.05, 0.1) is 17.0 Å². The van der Waals surface area contributed by atoms with Gasteiger partial charge in [-0.2, -0.15) is 10.5 Å². The van der Waals surface area contributed by atoms with Gasteiger partial charge in [0.2, 0.25) is 0 Å². The van der Waals surface area contributed by atoms with Crippen LogP contribution in [0.3, 0.4) is 0 Å². The Hall–Kier alpha value is -1.53. The van der Waals surface area contributed by atoms with E-state index in [9.17, 15) is 8.78 Å². The molecular weight excluding hydrogens is 268 g/mol. The molecule has 1 aromatic heterocycles. The van der Waals surface area contributed by atoms with Crippen molar-refractivity contribution in [3.05, 3.63) is 27.5 Å². The maximum absolute atomic E-state index is 12.5. The fourth-order valence-corrected chi connectivity index (χ4v) is 1.49. The van der Waals surface area contributed by atoms with Crippen molar-refractivity contribution in [2.45, 2.75) is 12.8 Å². The van der Waals surface area contributed by atoms with Crippen molar-refractivity contribution in [3.8, 4) is 12.1 Å². The molecule has 0 amide bonds. The molecule has 0 aliphatic carbocycles. The van der Waals surface area contributed by atoms with Gasteiger partial charge in [-0.1, -0.05) is 0 Å². The van der Waals surface area contributed by atoms with Gasteiger partial charge in [-0.25, -0.2) is 13.8 Å². The number of halogens is 3. The summed E-state index contributed by atoms with van der Waals surface area (Å²) < 4.78 is 25.3. The van der Waals surface area contributed by atoms with Crippen LogP contribution in [0.4, 0.5) is 8.78 Å². The molecule has 76 valence electrons. The standard InChI is InChI=1S/C9H4BrF2N3/c10-6-3-5(1-2-13)8(9(11)12)15-7(6)4-14/h3,9H,1H2. The third kappa shape index (κ3) is 2.48. The first-order valence-electron chi connectivity index (χ1n) is 3.84. The van der Waals surface area contributed by atoms with Gasteiger partial charge in [-0.15, -0.1) is 0 Å². The lowest BCUT2D eigenvalue weighted by atomic mass is 10.1. The summed E-state index contributed by atoms with van der Waals surface area (Å²) in [6, 6.07) is 4.78. The van der Waals surface area contributed by atoms with Gasteiger partial charge in [-0.3, -0.25) is 0 Å². The zero-order valence-electron chi connectivity index (χ0n) is 7.34. The van der Waals surface area contributed by atoms with Crippen molar-refractivity contribution >= 4 is 15.9 Å². The number of aromatic nitrogens is 1. The topological polar surface area (TPSA) is 60.5 Å². The average molecular weight is 272 g/mol. The van der Waals surface area contributed by atoms with Crippen LogP contribution >= 0.6 is 15.9 Å². The van der Waals surface area contributed by atoms with E-state index in [1.165, 1.54) is 6.07 Å². The number of hydrogen-bond acceptors (Lipinski definition) is 3. The lowest BCUT2D eigenvalue weighted by molar-refractivity contribution is 0.145. The van der Waals surface area contributed by atoms with E-state index in [0.717, 1.165) is 0 Å². The molecule has 3 nitrogen and oxygen atoms in total.